The van der Waals surface area contributed by atoms with Crippen molar-refractivity contribution in [2.24, 2.45) is 5.92 Å². The van der Waals surface area contributed by atoms with Crippen molar-refractivity contribution >= 4 is 0 Å². The fraction of sp³-hybridized carbons (Fsp3) is 1.00. The maximum atomic E-state index is 9.45. The molecule has 106 valence electrons. The molecule has 1 heterocycles. The van der Waals surface area contributed by atoms with E-state index in [2.05, 4.69) is 17.1 Å². The van der Waals surface area contributed by atoms with Gasteiger partial charge in [0.15, 0.2) is 0 Å². The summed E-state index contributed by atoms with van der Waals surface area (Å²) < 4.78 is 0. The van der Waals surface area contributed by atoms with Gasteiger partial charge in [-0.25, -0.2) is 0 Å². The van der Waals surface area contributed by atoms with Crippen LogP contribution in [0.2, 0.25) is 0 Å². The number of hydrogen-bond donors (Lipinski definition) is 2. The van der Waals surface area contributed by atoms with Gasteiger partial charge >= 0.3 is 0 Å². The molecule has 3 heteroatoms. The summed E-state index contributed by atoms with van der Waals surface area (Å²) in [5.74, 6) is 0.948. The first-order valence-corrected chi connectivity index (χ1v) is 7.91. The number of aliphatic hydroxyl groups is 1. The third-order valence-electron chi connectivity index (χ3n) is 4.38. The molecule has 0 radical (unpaired) electrons. The SMILES string of the molecule is CCCC1CCCN(CC(CO)NC2CC2)CC1. The van der Waals surface area contributed by atoms with Crippen LogP contribution in [0.3, 0.4) is 0 Å². The van der Waals surface area contributed by atoms with E-state index in [4.69, 9.17) is 0 Å². The number of nitrogens with one attached hydrogen (secondary N) is 1. The van der Waals surface area contributed by atoms with Crippen LogP contribution in [0.4, 0.5) is 0 Å². The monoisotopic (exact) mass is 254 g/mol. The van der Waals surface area contributed by atoms with E-state index in [0.29, 0.717) is 12.1 Å². The van der Waals surface area contributed by atoms with E-state index in [9.17, 15) is 5.11 Å². The number of hydrogen-bond acceptors (Lipinski definition) is 3. The van der Waals surface area contributed by atoms with E-state index < -0.39 is 0 Å². The molecule has 2 atom stereocenters. The van der Waals surface area contributed by atoms with Gasteiger partial charge in [-0.05, 0) is 51.1 Å². The smallest absolute Gasteiger partial charge is 0.0597 e. The lowest BCUT2D eigenvalue weighted by Crippen LogP contribution is -2.44. The number of nitrogens with zero attached hydrogens (tertiary/aromatic N) is 1. The molecule has 0 aromatic heterocycles. The normalized spacial score (nSPS) is 28.0. The molecule has 2 fully saturated rings. The summed E-state index contributed by atoms with van der Waals surface area (Å²) in [6.45, 7) is 6.07. The maximum Gasteiger partial charge on any atom is 0.0597 e. The Hall–Kier alpha value is -0.120. The van der Waals surface area contributed by atoms with Crippen molar-refractivity contribution in [2.45, 2.75) is 64.0 Å². The van der Waals surface area contributed by atoms with Crippen molar-refractivity contribution < 1.29 is 5.11 Å². The summed E-state index contributed by atoms with van der Waals surface area (Å²) in [4.78, 5) is 2.56. The topological polar surface area (TPSA) is 35.5 Å². The van der Waals surface area contributed by atoms with E-state index in [0.717, 1.165) is 12.5 Å². The highest BCUT2D eigenvalue weighted by Crippen LogP contribution is 2.23. The van der Waals surface area contributed by atoms with E-state index in [1.165, 1.54) is 58.0 Å². The summed E-state index contributed by atoms with van der Waals surface area (Å²) in [7, 11) is 0. The number of aliphatic hydroxyl groups excluding tert-OH is 1. The molecule has 2 N–H and O–H groups in total. The second-order valence-electron chi connectivity index (χ2n) is 6.21. The van der Waals surface area contributed by atoms with E-state index in [1.54, 1.807) is 0 Å². The van der Waals surface area contributed by atoms with E-state index in [-0.39, 0.29) is 6.61 Å². The van der Waals surface area contributed by atoms with Gasteiger partial charge in [0.25, 0.3) is 0 Å². The molecule has 2 rings (SSSR count). The second-order valence-corrected chi connectivity index (χ2v) is 6.21. The van der Waals surface area contributed by atoms with Crippen LogP contribution in [0.1, 0.15) is 51.9 Å². The Morgan fingerprint density at radius 1 is 1.22 bits per heavy atom. The van der Waals surface area contributed by atoms with Crippen molar-refractivity contribution in [1.82, 2.24) is 10.2 Å². The highest BCUT2D eigenvalue weighted by Gasteiger charge is 2.26. The Kier molecular flexibility index (Phi) is 5.93. The van der Waals surface area contributed by atoms with E-state index in [1.807, 2.05) is 0 Å². The molecule has 1 aliphatic heterocycles. The van der Waals surface area contributed by atoms with Gasteiger partial charge in [0.1, 0.15) is 0 Å². The first-order valence-electron chi connectivity index (χ1n) is 7.91. The van der Waals surface area contributed by atoms with Gasteiger partial charge in [0.05, 0.1) is 6.61 Å². The molecule has 0 bridgehead atoms. The van der Waals surface area contributed by atoms with Crippen LogP contribution in [0, 0.1) is 5.92 Å². The summed E-state index contributed by atoms with van der Waals surface area (Å²) >= 11 is 0. The van der Waals surface area contributed by atoms with Crippen molar-refractivity contribution in [3.8, 4) is 0 Å². The summed E-state index contributed by atoms with van der Waals surface area (Å²) in [6.07, 6.45) is 9.43. The first-order chi connectivity index (χ1) is 8.81. The zero-order valence-electron chi connectivity index (χ0n) is 11.9. The van der Waals surface area contributed by atoms with Crippen LogP contribution >= 0.6 is 0 Å². The minimum absolute atomic E-state index is 0.283. The van der Waals surface area contributed by atoms with Crippen LogP contribution in [0.5, 0.6) is 0 Å². The second kappa shape index (κ2) is 7.46. The molecule has 2 aliphatic rings. The molecule has 1 saturated carbocycles. The molecule has 3 nitrogen and oxygen atoms in total. The average molecular weight is 254 g/mol. The Labute approximate surface area is 112 Å². The molecule has 0 spiro atoms. The van der Waals surface area contributed by atoms with Crippen LogP contribution in [0.15, 0.2) is 0 Å². The molecule has 1 saturated heterocycles. The Bertz CT molecular complexity index is 231. The van der Waals surface area contributed by atoms with Crippen LogP contribution in [-0.4, -0.2) is 48.3 Å². The summed E-state index contributed by atoms with van der Waals surface area (Å²) in [5.41, 5.74) is 0. The highest BCUT2D eigenvalue weighted by molar-refractivity contribution is 4.86. The van der Waals surface area contributed by atoms with Crippen LogP contribution in [-0.2, 0) is 0 Å². The van der Waals surface area contributed by atoms with Gasteiger partial charge < -0.3 is 15.3 Å². The predicted octanol–water partition coefficient (Wildman–Crippen LogP) is 2.00. The largest absolute Gasteiger partial charge is 0.395 e. The molecule has 0 amide bonds. The lowest BCUT2D eigenvalue weighted by atomic mass is 9.96. The van der Waals surface area contributed by atoms with E-state index >= 15 is 0 Å². The molecule has 1 aliphatic carbocycles. The van der Waals surface area contributed by atoms with Gasteiger partial charge in [0, 0.05) is 18.6 Å². The Morgan fingerprint density at radius 2 is 2.06 bits per heavy atom. The fourth-order valence-electron chi connectivity index (χ4n) is 3.16. The molecular formula is C15H30N2O. The zero-order valence-corrected chi connectivity index (χ0v) is 11.9. The third kappa shape index (κ3) is 4.87. The van der Waals surface area contributed by atoms with Crippen LogP contribution in [0.25, 0.3) is 0 Å². The first kappa shape index (κ1) is 14.3. The average Bonchev–Trinajstić information content (AvgIpc) is 3.18. The summed E-state index contributed by atoms with van der Waals surface area (Å²) in [6, 6.07) is 0.988. The molecule has 18 heavy (non-hydrogen) atoms. The minimum Gasteiger partial charge on any atom is -0.395 e. The van der Waals surface area contributed by atoms with Gasteiger partial charge in [-0.1, -0.05) is 19.8 Å². The lowest BCUT2D eigenvalue weighted by molar-refractivity contribution is 0.181. The van der Waals surface area contributed by atoms with Gasteiger partial charge in [-0.2, -0.15) is 0 Å². The fourth-order valence-corrected chi connectivity index (χ4v) is 3.16. The third-order valence-corrected chi connectivity index (χ3v) is 4.38. The lowest BCUT2D eigenvalue weighted by Gasteiger charge is -2.26. The molecule has 0 aromatic rings. The van der Waals surface area contributed by atoms with Crippen molar-refractivity contribution in [2.75, 3.05) is 26.2 Å². The quantitative estimate of drug-likeness (QED) is 0.729. The predicted molar refractivity (Wildman–Crippen MR) is 75.7 cm³/mol. The standard InChI is InChI=1S/C15H30N2O/c1-2-4-13-5-3-9-17(10-8-13)11-15(12-18)16-14-6-7-14/h13-16,18H,2-12H2,1H3. The summed E-state index contributed by atoms with van der Waals surface area (Å²) in [5, 5.41) is 13.0. The van der Waals surface area contributed by atoms with Crippen molar-refractivity contribution in [3.63, 3.8) is 0 Å². The van der Waals surface area contributed by atoms with Gasteiger partial charge in [-0.15, -0.1) is 0 Å². The number of likely N-dealkylation sites (tertiary alicyclic amines) is 1. The highest BCUT2D eigenvalue weighted by atomic mass is 16.3. The minimum atomic E-state index is 0.283. The van der Waals surface area contributed by atoms with Crippen molar-refractivity contribution in [3.05, 3.63) is 0 Å². The van der Waals surface area contributed by atoms with Crippen molar-refractivity contribution in [1.29, 1.82) is 0 Å². The molecular weight excluding hydrogens is 224 g/mol. The molecule has 2 unspecified atom stereocenters. The Morgan fingerprint density at radius 3 is 2.72 bits per heavy atom. The van der Waals surface area contributed by atoms with Crippen LogP contribution < -0.4 is 5.32 Å². The number of rotatable bonds is 7. The zero-order chi connectivity index (χ0) is 12.8. The van der Waals surface area contributed by atoms with Gasteiger partial charge in [0.2, 0.25) is 0 Å². The molecule has 0 aromatic carbocycles. The maximum absolute atomic E-state index is 9.45. The van der Waals surface area contributed by atoms with Gasteiger partial charge in [-0.3, -0.25) is 0 Å². The Balaban J connectivity index is 1.70.